The first-order valence-corrected chi connectivity index (χ1v) is 13.0. The lowest BCUT2D eigenvalue weighted by Gasteiger charge is -2.28. The second-order valence-electron chi connectivity index (χ2n) is 8.84. The Labute approximate surface area is 192 Å². The third kappa shape index (κ3) is 3.98. The molecule has 0 N–H and O–H groups in total. The maximum absolute atomic E-state index is 5.80. The molecule has 0 bridgehead atoms. The minimum atomic E-state index is -2.42. The van der Waals surface area contributed by atoms with Gasteiger partial charge in [-0.15, -0.1) is 0 Å². The summed E-state index contributed by atoms with van der Waals surface area (Å²) in [4.78, 5) is 4.90. The van der Waals surface area contributed by atoms with Gasteiger partial charge in [-0.05, 0) is 23.0 Å². The van der Waals surface area contributed by atoms with Gasteiger partial charge < -0.3 is 4.57 Å². The van der Waals surface area contributed by atoms with Crippen LogP contribution in [0.4, 0.5) is 5.69 Å². The Balaban J connectivity index is 2.23. The monoisotopic (exact) mass is 441 g/mol. The van der Waals surface area contributed by atoms with Gasteiger partial charge in [-0.25, -0.2) is 4.98 Å². The van der Waals surface area contributed by atoms with Gasteiger partial charge in [-0.1, -0.05) is 107 Å². The van der Waals surface area contributed by atoms with E-state index < -0.39 is 7.05 Å². The molecule has 0 spiro atoms. The van der Waals surface area contributed by atoms with Gasteiger partial charge in [0.25, 0.3) is 0 Å². The number of hydrogen-bond acceptors (Lipinski definition) is 2. The van der Waals surface area contributed by atoms with Crippen LogP contribution in [-0.4, -0.2) is 9.55 Å². The van der Waals surface area contributed by atoms with Crippen LogP contribution in [0.1, 0.15) is 50.7 Å². The van der Waals surface area contributed by atoms with E-state index in [1.165, 1.54) is 21.7 Å². The molecule has 0 saturated heterocycles. The molecule has 3 nitrogen and oxygen atoms in total. The third-order valence-electron chi connectivity index (χ3n) is 5.94. The summed E-state index contributed by atoms with van der Waals surface area (Å²) in [5.74, 6) is 0.754. The van der Waals surface area contributed by atoms with E-state index >= 15 is 0 Å². The fraction of sp³-hybridized carbons (Fsp3) is 0.250. The molecule has 0 saturated carbocycles. The van der Waals surface area contributed by atoms with Gasteiger partial charge in [0.2, 0.25) is 0 Å². The van der Waals surface area contributed by atoms with Crippen LogP contribution in [0.25, 0.3) is 0 Å². The number of aryl methyl sites for hydroxylation is 1. The molecule has 0 unspecified atom stereocenters. The highest BCUT2D eigenvalue weighted by atomic mass is 31.2. The quantitative estimate of drug-likeness (QED) is 0.315. The van der Waals surface area contributed by atoms with Crippen molar-refractivity contribution in [3.05, 3.63) is 102 Å². The maximum atomic E-state index is 5.80. The lowest BCUT2D eigenvalue weighted by molar-refractivity contribution is 0.835. The van der Waals surface area contributed by atoms with Crippen LogP contribution in [0, 0.1) is 0 Å². The highest BCUT2D eigenvalue weighted by Crippen LogP contribution is 2.51. The molecule has 0 amide bonds. The third-order valence-corrected chi connectivity index (χ3v) is 9.54. The van der Waals surface area contributed by atoms with Gasteiger partial charge in [-0.3, -0.25) is 4.74 Å². The van der Waals surface area contributed by atoms with E-state index in [1.54, 1.807) is 0 Å². The number of hydrogen-bond donors (Lipinski definition) is 0. The molecule has 4 rings (SSSR count). The van der Waals surface area contributed by atoms with Crippen LogP contribution >= 0.6 is 7.05 Å². The summed E-state index contributed by atoms with van der Waals surface area (Å²) in [6, 6.07) is 28.1. The lowest BCUT2D eigenvalue weighted by atomic mass is 9.93. The predicted molar refractivity (Wildman–Crippen MR) is 139 cm³/mol. The molecular formula is C28H32N3P. The van der Waals surface area contributed by atoms with Crippen molar-refractivity contribution in [2.45, 2.75) is 39.5 Å². The van der Waals surface area contributed by atoms with E-state index in [-0.39, 0.29) is 0 Å². The molecule has 0 aliphatic heterocycles. The van der Waals surface area contributed by atoms with Crippen LogP contribution in [0.5, 0.6) is 0 Å². The van der Waals surface area contributed by atoms with Crippen molar-refractivity contribution >= 4 is 28.9 Å². The van der Waals surface area contributed by atoms with Crippen LogP contribution in [-0.2, 0) is 7.05 Å². The number of benzene rings is 3. The topological polar surface area (TPSA) is 30.2 Å². The van der Waals surface area contributed by atoms with Crippen molar-refractivity contribution in [1.29, 1.82) is 0 Å². The van der Waals surface area contributed by atoms with Gasteiger partial charge in [0.1, 0.15) is 0 Å². The number of nitrogens with zero attached hydrogens (tertiary/aromatic N) is 3. The summed E-state index contributed by atoms with van der Waals surface area (Å²) < 4.78 is 7.95. The molecule has 0 fully saturated rings. The SMILES string of the molecule is CC(C)c1cccc(C(C)C)c1N=P(c1ccccc1)(c1ccccc1)c1nccn1C. The van der Waals surface area contributed by atoms with Crippen LogP contribution in [0.2, 0.25) is 0 Å². The Hall–Kier alpha value is -2.90. The standard InChI is InChI=1S/C28H32N3P/c1-21(2)25-17-12-18-26(22(3)4)27(25)30-32(23-13-8-6-9-14-23,24-15-10-7-11-16-24)28-29-19-20-31(28)5/h6-22H,1-5H3. The van der Waals surface area contributed by atoms with Gasteiger partial charge in [-0.2, -0.15) is 0 Å². The van der Waals surface area contributed by atoms with Gasteiger partial charge in [0, 0.05) is 30.1 Å². The first-order valence-electron chi connectivity index (χ1n) is 11.3. The predicted octanol–water partition coefficient (Wildman–Crippen LogP) is 6.48. The van der Waals surface area contributed by atoms with E-state index in [4.69, 9.17) is 9.73 Å². The Morgan fingerprint density at radius 1 is 0.719 bits per heavy atom. The Morgan fingerprint density at radius 2 is 1.22 bits per heavy atom. The molecule has 32 heavy (non-hydrogen) atoms. The van der Waals surface area contributed by atoms with Crippen molar-refractivity contribution < 1.29 is 0 Å². The molecule has 4 heteroatoms. The zero-order valence-corrected chi connectivity index (χ0v) is 20.5. The summed E-state index contributed by atoms with van der Waals surface area (Å²) in [6.45, 7) is 9.02. The molecule has 1 aromatic heterocycles. The first kappa shape index (κ1) is 22.3. The maximum Gasteiger partial charge on any atom is 0.157 e. The minimum absolute atomic E-state index is 0.377. The molecule has 1 heterocycles. The Morgan fingerprint density at radius 3 is 1.62 bits per heavy atom. The van der Waals surface area contributed by atoms with E-state index in [0.29, 0.717) is 11.8 Å². The molecule has 164 valence electrons. The van der Waals surface area contributed by atoms with E-state index in [0.717, 1.165) is 11.3 Å². The second kappa shape index (κ2) is 9.30. The van der Waals surface area contributed by atoms with Crippen LogP contribution in [0.15, 0.2) is 96.0 Å². The second-order valence-corrected chi connectivity index (χ2v) is 11.7. The number of rotatable bonds is 6. The van der Waals surface area contributed by atoms with Gasteiger partial charge in [0.05, 0.1) is 12.7 Å². The zero-order chi connectivity index (χ0) is 22.7. The van der Waals surface area contributed by atoms with Crippen molar-refractivity contribution in [2.75, 3.05) is 0 Å². The molecule has 4 aromatic rings. The molecule has 0 aliphatic rings. The summed E-state index contributed by atoms with van der Waals surface area (Å²) in [6.07, 6.45) is 3.92. The molecule has 3 aromatic carbocycles. The minimum Gasteiger partial charge on any atom is -0.333 e. The van der Waals surface area contributed by atoms with Gasteiger partial charge in [0.15, 0.2) is 5.57 Å². The Bertz CT molecular complexity index is 1170. The average Bonchev–Trinajstić information content (AvgIpc) is 3.24. The zero-order valence-electron chi connectivity index (χ0n) is 19.6. The molecule has 0 radical (unpaired) electrons. The normalized spacial score (nSPS) is 11.8. The van der Waals surface area contributed by atoms with Crippen molar-refractivity contribution in [2.24, 2.45) is 11.8 Å². The summed E-state index contributed by atoms with van der Waals surface area (Å²) in [5.41, 5.74) is 4.73. The number of imidazole rings is 1. The summed E-state index contributed by atoms with van der Waals surface area (Å²) >= 11 is 0. The van der Waals surface area contributed by atoms with Crippen molar-refractivity contribution in [1.82, 2.24) is 9.55 Å². The average molecular weight is 442 g/mol. The molecule has 0 aliphatic carbocycles. The van der Waals surface area contributed by atoms with E-state index in [9.17, 15) is 0 Å². The number of aromatic nitrogens is 2. The highest BCUT2D eigenvalue weighted by molar-refractivity contribution is 7.87. The Kier molecular flexibility index (Phi) is 6.48. The van der Waals surface area contributed by atoms with Crippen LogP contribution in [0.3, 0.4) is 0 Å². The fourth-order valence-corrected chi connectivity index (χ4v) is 7.85. The fourth-order valence-electron chi connectivity index (χ4n) is 4.27. The highest BCUT2D eigenvalue weighted by Gasteiger charge is 2.32. The van der Waals surface area contributed by atoms with Gasteiger partial charge >= 0.3 is 0 Å². The molecular weight excluding hydrogens is 409 g/mol. The van der Waals surface area contributed by atoms with Crippen molar-refractivity contribution in [3.8, 4) is 0 Å². The largest absolute Gasteiger partial charge is 0.333 e. The summed E-state index contributed by atoms with van der Waals surface area (Å²) in [7, 11) is -0.342. The smallest absolute Gasteiger partial charge is 0.157 e. The van der Waals surface area contributed by atoms with E-state index in [2.05, 4.69) is 118 Å². The first-order chi connectivity index (χ1) is 15.4. The summed E-state index contributed by atoms with van der Waals surface area (Å²) in [5, 5.41) is 2.43. The van der Waals surface area contributed by atoms with Crippen molar-refractivity contribution in [3.63, 3.8) is 0 Å². The van der Waals surface area contributed by atoms with E-state index in [1.807, 2.05) is 12.4 Å². The lowest BCUT2D eigenvalue weighted by Crippen LogP contribution is -2.30. The molecule has 0 atom stereocenters. The van der Waals surface area contributed by atoms with Crippen LogP contribution < -0.4 is 16.2 Å².